The second-order valence-corrected chi connectivity index (χ2v) is 8.95. The number of imidazole rings is 1. The van der Waals surface area contributed by atoms with Crippen LogP contribution in [0.4, 0.5) is 5.95 Å². The second-order valence-electron chi connectivity index (χ2n) is 8.55. The summed E-state index contributed by atoms with van der Waals surface area (Å²) in [4.78, 5) is 46.7. The third-order valence-electron chi connectivity index (χ3n) is 6.33. The Kier molecular flexibility index (Phi) is 6.36. The van der Waals surface area contributed by atoms with Crippen LogP contribution >= 0.6 is 11.6 Å². The van der Waals surface area contributed by atoms with Gasteiger partial charge in [0, 0.05) is 6.07 Å². The molecule has 1 aromatic heterocycles. The highest BCUT2D eigenvalue weighted by atomic mass is 35.5. The summed E-state index contributed by atoms with van der Waals surface area (Å²) in [6, 6.07) is 11.5. The monoisotopic (exact) mass is 549 g/mol. The van der Waals surface area contributed by atoms with Crippen molar-refractivity contribution in [3.05, 3.63) is 81.9 Å². The number of methoxy groups -OCH3 is 2. The highest BCUT2D eigenvalue weighted by Gasteiger charge is 2.48. The summed E-state index contributed by atoms with van der Waals surface area (Å²) in [6.45, 7) is 0. The molecule has 0 saturated carbocycles. The second kappa shape index (κ2) is 9.69. The molecule has 5 rings (SSSR count). The maximum Gasteiger partial charge on any atom is 0.335 e. The molecule has 11 nitrogen and oxygen atoms in total. The fourth-order valence-electron chi connectivity index (χ4n) is 4.46. The minimum atomic E-state index is -1.18. The van der Waals surface area contributed by atoms with Crippen LogP contribution in [0.25, 0.3) is 16.8 Å². The Balaban J connectivity index is 1.74. The topological polar surface area (TPSA) is 162 Å². The number of carboxylic acid groups (broad SMARTS) is 1. The third kappa shape index (κ3) is 4.28. The van der Waals surface area contributed by atoms with E-state index in [2.05, 4.69) is 9.97 Å². The van der Waals surface area contributed by atoms with Crippen molar-refractivity contribution in [3.63, 3.8) is 0 Å². The average molecular weight is 550 g/mol. The molecule has 0 bridgehead atoms. The van der Waals surface area contributed by atoms with Crippen LogP contribution in [0.5, 0.6) is 17.2 Å². The zero-order chi connectivity index (χ0) is 28.0. The van der Waals surface area contributed by atoms with E-state index >= 15 is 0 Å². The van der Waals surface area contributed by atoms with Crippen LogP contribution in [0.2, 0.25) is 5.02 Å². The smallest absolute Gasteiger partial charge is 0.335 e. The molecule has 0 spiro atoms. The Morgan fingerprint density at radius 1 is 1.00 bits per heavy atom. The minimum Gasteiger partial charge on any atom is -0.508 e. The van der Waals surface area contributed by atoms with Gasteiger partial charge in [-0.1, -0.05) is 23.7 Å². The van der Waals surface area contributed by atoms with Crippen molar-refractivity contribution in [2.45, 2.75) is 6.04 Å². The zero-order valence-electron chi connectivity index (χ0n) is 20.4. The Hall–Kier alpha value is -5.03. The zero-order valence-corrected chi connectivity index (χ0v) is 21.2. The SMILES string of the molecule is COc1cc(OC)c(/C(O)=C2\C(=O)C(=O)N(c3nc4ccc(C(=O)O)cc4[nH]3)C2c2ccc(O)cc2)cc1Cl. The number of aromatic amines is 1. The molecule has 198 valence electrons. The Morgan fingerprint density at radius 2 is 1.69 bits per heavy atom. The van der Waals surface area contributed by atoms with Crippen molar-refractivity contribution in [3.8, 4) is 17.2 Å². The van der Waals surface area contributed by atoms with E-state index in [1.54, 1.807) is 0 Å². The number of Topliss-reactive ketones (excluding diaryl/α,β-unsaturated/α-hetero) is 1. The number of aliphatic hydroxyl groups excluding tert-OH is 1. The summed E-state index contributed by atoms with van der Waals surface area (Å²) in [7, 11) is 2.76. The number of amides is 1. The first-order valence-electron chi connectivity index (χ1n) is 11.4. The van der Waals surface area contributed by atoms with Crippen LogP contribution in [-0.2, 0) is 9.59 Å². The van der Waals surface area contributed by atoms with Gasteiger partial charge >= 0.3 is 11.9 Å². The molecule has 4 N–H and O–H groups in total. The number of carbonyl (C=O) groups is 3. The van der Waals surface area contributed by atoms with Crippen LogP contribution in [-0.4, -0.2) is 57.2 Å². The number of aromatic hydroxyl groups is 1. The number of H-pyrrole nitrogens is 1. The largest absolute Gasteiger partial charge is 0.508 e. The number of ether oxygens (including phenoxy) is 2. The molecule has 1 aliphatic heterocycles. The number of aromatic nitrogens is 2. The average Bonchev–Trinajstić information content (AvgIpc) is 3.46. The van der Waals surface area contributed by atoms with Gasteiger partial charge in [0.2, 0.25) is 5.95 Å². The van der Waals surface area contributed by atoms with Crippen molar-refractivity contribution in [1.29, 1.82) is 0 Å². The van der Waals surface area contributed by atoms with Gasteiger partial charge in [0.25, 0.3) is 5.78 Å². The number of nitrogens with one attached hydrogen (secondary N) is 1. The maximum atomic E-state index is 13.4. The number of anilines is 1. The molecular weight excluding hydrogens is 530 g/mol. The number of hydrogen-bond donors (Lipinski definition) is 4. The van der Waals surface area contributed by atoms with Crippen LogP contribution in [0.3, 0.4) is 0 Å². The highest BCUT2D eigenvalue weighted by Crippen LogP contribution is 2.44. The molecule has 1 saturated heterocycles. The number of phenolic OH excluding ortho intramolecular Hbond substituents is 1. The summed E-state index contributed by atoms with van der Waals surface area (Å²) >= 11 is 6.29. The number of hydrogen-bond acceptors (Lipinski definition) is 8. The van der Waals surface area contributed by atoms with Crippen LogP contribution < -0.4 is 14.4 Å². The number of phenols is 1. The van der Waals surface area contributed by atoms with Gasteiger partial charge in [0.15, 0.2) is 0 Å². The van der Waals surface area contributed by atoms with Gasteiger partial charge in [-0.05, 0) is 42.0 Å². The van der Waals surface area contributed by atoms with Gasteiger partial charge in [-0.15, -0.1) is 0 Å². The molecule has 39 heavy (non-hydrogen) atoms. The van der Waals surface area contributed by atoms with E-state index in [0.717, 1.165) is 4.90 Å². The third-order valence-corrected chi connectivity index (χ3v) is 6.62. The number of halogens is 1. The number of rotatable bonds is 6. The van der Waals surface area contributed by atoms with E-state index in [1.807, 2.05) is 0 Å². The molecule has 3 aromatic carbocycles. The number of carboxylic acids is 1. The van der Waals surface area contributed by atoms with Gasteiger partial charge in [0.05, 0.1) is 53.0 Å². The molecule has 1 unspecified atom stereocenters. The molecular formula is C27H20ClN3O8. The molecule has 0 aliphatic carbocycles. The lowest BCUT2D eigenvalue weighted by Crippen LogP contribution is -2.30. The normalized spacial score (nSPS) is 16.6. The van der Waals surface area contributed by atoms with Crippen molar-refractivity contribution in [1.82, 2.24) is 9.97 Å². The van der Waals surface area contributed by atoms with E-state index in [-0.39, 0.29) is 44.9 Å². The van der Waals surface area contributed by atoms with Gasteiger partial charge in [-0.3, -0.25) is 14.5 Å². The molecule has 12 heteroatoms. The van der Waals surface area contributed by atoms with Crippen molar-refractivity contribution >= 4 is 52.0 Å². The van der Waals surface area contributed by atoms with Gasteiger partial charge in [-0.25, -0.2) is 9.78 Å². The van der Waals surface area contributed by atoms with E-state index in [9.17, 15) is 29.7 Å². The maximum absolute atomic E-state index is 13.4. The minimum absolute atomic E-state index is 0.00156. The number of nitrogens with zero attached hydrogens (tertiary/aromatic N) is 2. The van der Waals surface area contributed by atoms with Crippen LogP contribution in [0.15, 0.2) is 60.2 Å². The van der Waals surface area contributed by atoms with Crippen molar-refractivity contribution in [2.24, 2.45) is 0 Å². The van der Waals surface area contributed by atoms with Crippen molar-refractivity contribution < 1.29 is 39.2 Å². The number of aromatic carboxylic acids is 1. The Morgan fingerprint density at radius 3 is 2.33 bits per heavy atom. The summed E-state index contributed by atoms with van der Waals surface area (Å²) in [5, 5.41) is 30.7. The molecule has 2 heterocycles. The lowest BCUT2D eigenvalue weighted by molar-refractivity contribution is -0.132. The molecule has 1 amide bonds. The van der Waals surface area contributed by atoms with Crippen LogP contribution in [0, 0.1) is 0 Å². The number of fused-ring (bicyclic) bond motifs is 1. The lowest BCUT2D eigenvalue weighted by atomic mass is 9.95. The molecule has 0 radical (unpaired) electrons. The predicted molar refractivity (Wildman–Crippen MR) is 140 cm³/mol. The first-order valence-corrected chi connectivity index (χ1v) is 11.8. The van der Waals surface area contributed by atoms with Gasteiger partial charge in [0.1, 0.15) is 23.0 Å². The lowest BCUT2D eigenvalue weighted by Gasteiger charge is -2.23. The summed E-state index contributed by atoms with van der Waals surface area (Å²) < 4.78 is 10.6. The van der Waals surface area contributed by atoms with Crippen molar-refractivity contribution in [2.75, 3.05) is 19.1 Å². The Labute approximate surface area is 225 Å². The fraction of sp³-hybridized carbons (Fsp3) is 0.111. The summed E-state index contributed by atoms with van der Waals surface area (Å²) in [6.07, 6.45) is 0. The number of aliphatic hydroxyl groups is 1. The quantitative estimate of drug-likeness (QED) is 0.156. The van der Waals surface area contributed by atoms with E-state index < -0.39 is 29.5 Å². The number of carbonyl (C=O) groups excluding carboxylic acids is 2. The van der Waals surface area contributed by atoms with Gasteiger partial charge < -0.3 is 29.8 Å². The first kappa shape index (κ1) is 25.6. The molecule has 1 fully saturated rings. The van der Waals surface area contributed by atoms with E-state index in [0.29, 0.717) is 16.6 Å². The van der Waals surface area contributed by atoms with E-state index in [1.165, 1.54) is 68.8 Å². The number of ketones is 1. The molecule has 4 aromatic rings. The summed E-state index contributed by atoms with van der Waals surface area (Å²) in [5.74, 6) is -3.41. The Bertz CT molecular complexity index is 1690. The predicted octanol–water partition coefficient (Wildman–Crippen LogP) is 4.26. The van der Waals surface area contributed by atoms with Crippen LogP contribution in [0.1, 0.15) is 27.5 Å². The fourth-order valence-corrected chi connectivity index (χ4v) is 4.70. The summed E-state index contributed by atoms with van der Waals surface area (Å²) in [5.41, 5.74) is 0.805. The number of benzene rings is 3. The molecule has 1 atom stereocenters. The van der Waals surface area contributed by atoms with E-state index in [4.69, 9.17) is 21.1 Å². The first-order chi connectivity index (χ1) is 18.6. The highest BCUT2D eigenvalue weighted by molar-refractivity contribution is 6.51. The standard InChI is InChI=1S/C27H20ClN3O8/c1-38-19-11-20(39-2)16(28)10-15(19)23(33)21-22(12-3-6-14(32)7-4-12)31(25(35)24(21)34)27-29-17-8-5-13(26(36)37)9-18(17)30-27/h3-11,22,32-33H,1-2H3,(H,29,30)(H,36,37)/b23-21+. The molecule has 1 aliphatic rings. The van der Waals surface area contributed by atoms with Gasteiger partial charge in [-0.2, -0.15) is 0 Å².